The summed E-state index contributed by atoms with van der Waals surface area (Å²) in [6.07, 6.45) is 6.30. The SMILES string of the molecule is O=C(/C=C/c1ccc(F)cc1)N1C[CH]CC1. The molecule has 0 N–H and O–H groups in total. The molecule has 0 aliphatic carbocycles. The molecule has 16 heavy (non-hydrogen) atoms. The molecule has 0 saturated carbocycles. The van der Waals surface area contributed by atoms with Gasteiger partial charge in [-0.1, -0.05) is 12.1 Å². The normalized spacial score (nSPS) is 15.9. The molecule has 0 unspecified atom stereocenters. The van der Waals surface area contributed by atoms with Crippen LogP contribution in [0.5, 0.6) is 0 Å². The van der Waals surface area contributed by atoms with Crippen LogP contribution < -0.4 is 0 Å². The van der Waals surface area contributed by atoms with Gasteiger partial charge in [-0.05, 0) is 36.6 Å². The molecule has 1 heterocycles. The van der Waals surface area contributed by atoms with Crippen molar-refractivity contribution in [2.24, 2.45) is 0 Å². The minimum atomic E-state index is -0.266. The van der Waals surface area contributed by atoms with Gasteiger partial charge in [-0.3, -0.25) is 4.79 Å². The average Bonchev–Trinajstić information content (AvgIpc) is 2.81. The van der Waals surface area contributed by atoms with E-state index in [4.69, 9.17) is 0 Å². The second-order valence-electron chi connectivity index (χ2n) is 3.75. The third-order valence-corrected chi connectivity index (χ3v) is 2.55. The fourth-order valence-corrected chi connectivity index (χ4v) is 1.63. The van der Waals surface area contributed by atoms with Crippen LogP contribution in [0.15, 0.2) is 30.3 Å². The largest absolute Gasteiger partial charge is 0.339 e. The van der Waals surface area contributed by atoms with Gasteiger partial charge in [0.1, 0.15) is 5.82 Å². The second-order valence-corrected chi connectivity index (χ2v) is 3.75. The first-order chi connectivity index (χ1) is 7.75. The number of hydrogen-bond donors (Lipinski definition) is 0. The number of hydrogen-bond acceptors (Lipinski definition) is 1. The van der Waals surface area contributed by atoms with Gasteiger partial charge in [-0.25, -0.2) is 4.39 Å². The maximum atomic E-state index is 12.6. The summed E-state index contributed by atoms with van der Waals surface area (Å²) in [6, 6.07) is 6.06. The highest BCUT2D eigenvalue weighted by Gasteiger charge is 2.15. The van der Waals surface area contributed by atoms with Gasteiger partial charge in [-0.2, -0.15) is 0 Å². The molecule has 0 bridgehead atoms. The van der Waals surface area contributed by atoms with Crippen LogP contribution in [0.1, 0.15) is 12.0 Å². The smallest absolute Gasteiger partial charge is 0.246 e. The molecule has 1 aromatic carbocycles. The van der Waals surface area contributed by atoms with Crippen LogP contribution in [-0.4, -0.2) is 23.9 Å². The van der Waals surface area contributed by atoms with E-state index in [9.17, 15) is 9.18 Å². The fraction of sp³-hybridized carbons (Fsp3) is 0.231. The molecule has 3 heteroatoms. The van der Waals surface area contributed by atoms with E-state index >= 15 is 0 Å². The molecule has 1 saturated heterocycles. The minimum Gasteiger partial charge on any atom is -0.339 e. The number of rotatable bonds is 2. The Morgan fingerprint density at radius 1 is 1.31 bits per heavy atom. The highest BCUT2D eigenvalue weighted by atomic mass is 19.1. The van der Waals surface area contributed by atoms with Crippen LogP contribution in [0.25, 0.3) is 6.08 Å². The van der Waals surface area contributed by atoms with Gasteiger partial charge < -0.3 is 4.90 Å². The van der Waals surface area contributed by atoms with Crippen molar-refractivity contribution in [1.29, 1.82) is 0 Å². The van der Waals surface area contributed by atoms with E-state index in [2.05, 4.69) is 6.42 Å². The number of carbonyl (C=O) groups is 1. The van der Waals surface area contributed by atoms with E-state index in [1.165, 1.54) is 18.2 Å². The maximum absolute atomic E-state index is 12.6. The molecule has 1 fully saturated rings. The van der Waals surface area contributed by atoms with Crippen LogP contribution in [0, 0.1) is 12.2 Å². The van der Waals surface area contributed by atoms with Crippen LogP contribution in [0.2, 0.25) is 0 Å². The molecular formula is C13H13FNO. The van der Waals surface area contributed by atoms with Crippen molar-refractivity contribution in [2.45, 2.75) is 6.42 Å². The quantitative estimate of drug-likeness (QED) is 0.697. The topological polar surface area (TPSA) is 20.3 Å². The molecular weight excluding hydrogens is 205 g/mol. The van der Waals surface area contributed by atoms with Gasteiger partial charge in [0, 0.05) is 19.2 Å². The Morgan fingerprint density at radius 3 is 2.69 bits per heavy atom. The Kier molecular flexibility index (Phi) is 3.34. The van der Waals surface area contributed by atoms with E-state index in [-0.39, 0.29) is 11.7 Å². The average molecular weight is 218 g/mol. The van der Waals surface area contributed by atoms with Crippen LogP contribution in [0.4, 0.5) is 4.39 Å². The summed E-state index contributed by atoms with van der Waals surface area (Å²) in [4.78, 5) is 13.4. The molecule has 2 nitrogen and oxygen atoms in total. The van der Waals surface area contributed by atoms with E-state index in [1.807, 2.05) is 0 Å². The van der Waals surface area contributed by atoms with Crippen LogP contribution in [0.3, 0.4) is 0 Å². The molecule has 1 radical (unpaired) electrons. The predicted octanol–water partition coefficient (Wildman–Crippen LogP) is 2.28. The zero-order chi connectivity index (χ0) is 11.4. The molecule has 1 aliphatic heterocycles. The molecule has 0 atom stereocenters. The summed E-state index contributed by atoms with van der Waals surface area (Å²) >= 11 is 0. The van der Waals surface area contributed by atoms with Crippen molar-refractivity contribution in [3.8, 4) is 0 Å². The molecule has 1 aliphatic rings. The van der Waals surface area contributed by atoms with Gasteiger partial charge in [0.2, 0.25) is 5.91 Å². The lowest BCUT2D eigenvalue weighted by atomic mass is 10.2. The first-order valence-corrected chi connectivity index (χ1v) is 5.30. The number of carbonyl (C=O) groups excluding carboxylic acids is 1. The fourth-order valence-electron chi connectivity index (χ4n) is 1.63. The summed E-state index contributed by atoms with van der Waals surface area (Å²) in [5, 5.41) is 0. The highest BCUT2D eigenvalue weighted by Crippen LogP contribution is 2.09. The van der Waals surface area contributed by atoms with Crippen molar-refractivity contribution in [3.05, 3.63) is 48.1 Å². The molecule has 1 aromatic rings. The van der Waals surface area contributed by atoms with Gasteiger partial charge in [0.15, 0.2) is 0 Å². The van der Waals surface area contributed by atoms with Crippen molar-refractivity contribution in [1.82, 2.24) is 4.90 Å². The van der Waals surface area contributed by atoms with Crippen LogP contribution in [-0.2, 0) is 4.79 Å². The molecule has 0 aromatic heterocycles. The highest BCUT2D eigenvalue weighted by molar-refractivity contribution is 5.92. The zero-order valence-corrected chi connectivity index (χ0v) is 8.90. The molecule has 83 valence electrons. The number of benzene rings is 1. The van der Waals surface area contributed by atoms with Crippen molar-refractivity contribution >= 4 is 12.0 Å². The Bertz CT molecular complexity index is 391. The number of halogens is 1. The summed E-state index contributed by atoms with van der Waals surface area (Å²) in [6.45, 7) is 1.53. The maximum Gasteiger partial charge on any atom is 0.246 e. The van der Waals surface area contributed by atoms with Crippen molar-refractivity contribution in [3.63, 3.8) is 0 Å². The minimum absolute atomic E-state index is 0.0121. The lowest BCUT2D eigenvalue weighted by Crippen LogP contribution is -2.25. The summed E-state index contributed by atoms with van der Waals surface area (Å²) in [7, 11) is 0. The number of likely N-dealkylation sites (tertiary alicyclic amines) is 1. The Morgan fingerprint density at radius 2 is 2.06 bits per heavy atom. The molecule has 2 rings (SSSR count). The molecule has 0 spiro atoms. The van der Waals surface area contributed by atoms with Crippen LogP contribution >= 0.6 is 0 Å². The van der Waals surface area contributed by atoms with Gasteiger partial charge in [0.25, 0.3) is 0 Å². The number of nitrogens with zero attached hydrogens (tertiary/aromatic N) is 1. The van der Waals surface area contributed by atoms with E-state index in [1.54, 1.807) is 23.1 Å². The lowest BCUT2D eigenvalue weighted by Gasteiger charge is -2.11. The van der Waals surface area contributed by atoms with Gasteiger partial charge in [-0.15, -0.1) is 0 Å². The second kappa shape index (κ2) is 4.92. The summed E-state index contributed by atoms with van der Waals surface area (Å²) < 4.78 is 12.6. The lowest BCUT2D eigenvalue weighted by molar-refractivity contribution is -0.124. The Balaban J connectivity index is 1.97. The third-order valence-electron chi connectivity index (χ3n) is 2.55. The first kappa shape index (κ1) is 10.9. The van der Waals surface area contributed by atoms with E-state index in [0.29, 0.717) is 0 Å². The number of amides is 1. The molecule has 1 amide bonds. The zero-order valence-electron chi connectivity index (χ0n) is 8.90. The first-order valence-electron chi connectivity index (χ1n) is 5.30. The van der Waals surface area contributed by atoms with Crippen molar-refractivity contribution in [2.75, 3.05) is 13.1 Å². The Hall–Kier alpha value is -1.64. The summed E-state index contributed by atoms with van der Waals surface area (Å²) in [5.41, 5.74) is 0.831. The third kappa shape index (κ3) is 2.69. The standard InChI is InChI=1S/C13H13FNO/c14-12-6-3-11(4-7-12)5-8-13(16)15-9-1-2-10-15/h1,3-8H,2,9-10H2/b8-5+. The van der Waals surface area contributed by atoms with Crippen molar-refractivity contribution < 1.29 is 9.18 Å². The monoisotopic (exact) mass is 218 g/mol. The van der Waals surface area contributed by atoms with E-state index in [0.717, 1.165) is 25.1 Å². The van der Waals surface area contributed by atoms with Gasteiger partial charge in [0.05, 0.1) is 0 Å². The summed E-state index contributed by atoms with van der Waals surface area (Å²) in [5.74, 6) is -0.254. The predicted molar refractivity (Wildman–Crippen MR) is 60.9 cm³/mol. The van der Waals surface area contributed by atoms with E-state index < -0.39 is 0 Å². The van der Waals surface area contributed by atoms with Gasteiger partial charge >= 0.3 is 0 Å². The Labute approximate surface area is 94.4 Å².